The first-order chi connectivity index (χ1) is 11.0. The molecule has 2 aliphatic carbocycles. The number of hydrogen-bond acceptors (Lipinski definition) is 4. The van der Waals surface area contributed by atoms with Gasteiger partial charge in [0, 0.05) is 24.7 Å². The summed E-state index contributed by atoms with van der Waals surface area (Å²) >= 11 is 5.31. The normalized spacial score (nSPS) is 26.7. The van der Waals surface area contributed by atoms with Crippen molar-refractivity contribution >= 4 is 23.0 Å². The lowest BCUT2D eigenvalue weighted by atomic mass is 9.96. The smallest absolute Gasteiger partial charge is 0.269 e. The van der Waals surface area contributed by atoms with Crippen LogP contribution in [0.5, 0.6) is 0 Å². The third-order valence-electron chi connectivity index (χ3n) is 5.00. The van der Waals surface area contributed by atoms with Crippen LogP contribution >= 0.6 is 12.2 Å². The Hall–Kier alpha value is -1.73. The third-order valence-corrected chi connectivity index (χ3v) is 5.26. The number of non-ortho nitro benzene ring substituents is 1. The number of fused-ring (bicyclic) bond motifs is 2. The lowest BCUT2D eigenvalue weighted by Crippen LogP contribution is -2.45. The zero-order chi connectivity index (χ0) is 16.4. The summed E-state index contributed by atoms with van der Waals surface area (Å²) in [6, 6.07) is 6.38. The van der Waals surface area contributed by atoms with Crippen LogP contribution in [0.1, 0.15) is 37.4 Å². The lowest BCUT2D eigenvalue weighted by Gasteiger charge is -2.25. The maximum absolute atomic E-state index is 10.6. The maximum Gasteiger partial charge on any atom is 0.269 e. The summed E-state index contributed by atoms with van der Waals surface area (Å²) in [5.41, 5.74) is 0.646. The van der Waals surface area contributed by atoms with Gasteiger partial charge in [-0.1, -0.05) is 6.42 Å². The van der Waals surface area contributed by atoms with Crippen LogP contribution in [0.4, 0.5) is 5.69 Å². The molecule has 2 saturated carbocycles. The van der Waals surface area contributed by atoms with E-state index in [1.807, 2.05) is 0 Å². The molecule has 2 aliphatic rings. The molecular weight excluding hydrogens is 314 g/mol. The second-order valence-corrected chi connectivity index (χ2v) is 6.91. The number of nitro groups is 1. The van der Waals surface area contributed by atoms with E-state index in [9.17, 15) is 15.2 Å². The number of thiocarbonyl (C=S) groups is 1. The molecule has 0 heterocycles. The molecule has 3 rings (SSSR count). The zero-order valence-corrected chi connectivity index (χ0v) is 13.6. The van der Waals surface area contributed by atoms with Crippen LogP contribution in [0.2, 0.25) is 0 Å². The fraction of sp³-hybridized carbons (Fsp3) is 0.562. The first-order valence-corrected chi connectivity index (χ1v) is 8.40. The van der Waals surface area contributed by atoms with Crippen molar-refractivity contribution in [3.8, 4) is 0 Å². The molecule has 1 aromatic carbocycles. The van der Waals surface area contributed by atoms with E-state index in [-0.39, 0.29) is 12.2 Å². The van der Waals surface area contributed by atoms with Gasteiger partial charge in [0.1, 0.15) is 0 Å². The molecule has 2 bridgehead atoms. The summed E-state index contributed by atoms with van der Waals surface area (Å²) in [7, 11) is 0. The van der Waals surface area contributed by atoms with Crippen LogP contribution in [0, 0.1) is 22.0 Å². The van der Waals surface area contributed by atoms with Crippen molar-refractivity contribution in [2.75, 3.05) is 6.54 Å². The molecular formula is C16H21N3O3S. The number of aliphatic hydroxyl groups excluding tert-OH is 1. The van der Waals surface area contributed by atoms with Crippen LogP contribution < -0.4 is 10.6 Å². The quantitative estimate of drug-likeness (QED) is 0.435. The molecule has 0 amide bonds. The summed E-state index contributed by atoms with van der Waals surface area (Å²) in [6.45, 7) is 0.282. The number of nitro benzene ring substituents is 1. The number of hydrogen-bond donors (Lipinski definition) is 3. The van der Waals surface area contributed by atoms with Gasteiger partial charge in [0.25, 0.3) is 5.69 Å². The van der Waals surface area contributed by atoms with Crippen LogP contribution in [-0.2, 0) is 0 Å². The van der Waals surface area contributed by atoms with E-state index in [0.29, 0.717) is 16.7 Å². The molecule has 0 aromatic heterocycles. The van der Waals surface area contributed by atoms with E-state index in [4.69, 9.17) is 12.2 Å². The van der Waals surface area contributed by atoms with Gasteiger partial charge in [-0.3, -0.25) is 10.1 Å². The molecule has 0 spiro atoms. The second-order valence-electron chi connectivity index (χ2n) is 6.50. The van der Waals surface area contributed by atoms with Gasteiger partial charge in [-0.05, 0) is 61.0 Å². The van der Waals surface area contributed by atoms with Crippen molar-refractivity contribution < 1.29 is 10.0 Å². The van der Waals surface area contributed by atoms with Crippen LogP contribution in [0.15, 0.2) is 24.3 Å². The Balaban J connectivity index is 1.45. The standard InChI is InChI=1S/C16H21N3O3S/c20-15(11-3-5-13(6-4-11)19(21)22)9-17-16(23)18-14-8-10-1-2-12(14)7-10/h3-6,10,12,14-15,20H,1-2,7-9H2,(H2,17,18,23)/t10-,12-,14+,15+/m0/s1. The largest absolute Gasteiger partial charge is 0.387 e. The highest BCUT2D eigenvalue weighted by molar-refractivity contribution is 7.80. The summed E-state index contributed by atoms with van der Waals surface area (Å²) < 4.78 is 0. The van der Waals surface area contributed by atoms with Gasteiger partial charge in [-0.2, -0.15) is 0 Å². The van der Waals surface area contributed by atoms with Crippen molar-refractivity contribution in [2.24, 2.45) is 11.8 Å². The third kappa shape index (κ3) is 3.79. The molecule has 3 N–H and O–H groups in total. The maximum atomic E-state index is 10.6. The fourth-order valence-corrected chi connectivity index (χ4v) is 4.00. The van der Waals surface area contributed by atoms with Crippen molar-refractivity contribution in [1.29, 1.82) is 0 Å². The Morgan fingerprint density at radius 3 is 2.65 bits per heavy atom. The Kier molecular flexibility index (Phi) is 4.77. The Bertz CT molecular complexity index is 593. The summed E-state index contributed by atoms with van der Waals surface area (Å²) in [5.74, 6) is 1.59. The molecule has 2 fully saturated rings. The summed E-state index contributed by atoms with van der Waals surface area (Å²) in [5, 5.41) is 27.7. The number of rotatable bonds is 5. The van der Waals surface area contributed by atoms with Gasteiger partial charge >= 0.3 is 0 Å². The zero-order valence-electron chi connectivity index (χ0n) is 12.8. The lowest BCUT2D eigenvalue weighted by molar-refractivity contribution is -0.384. The van der Waals surface area contributed by atoms with Crippen molar-refractivity contribution in [1.82, 2.24) is 10.6 Å². The highest BCUT2D eigenvalue weighted by atomic mass is 32.1. The minimum atomic E-state index is -0.754. The molecule has 0 saturated heterocycles. The molecule has 0 aliphatic heterocycles. The number of nitrogens with zero attached hydrogens (tertiary/aromatic N) is 1. The number of aliphatic hydroxyl groups is 1. The predicted octanol–water partition coefficient (Wildman–Crippen LogP) is 2.28. The van der Waals surface area contributed by atoms with E-state index < -0.39 is 11.0 Å². The monoisotopic (exact) mass is 335 g/mol. The SMILES string of the molecule is O=[N+]([O-])c1ccc([C@H](O)CNC(=S)N[C@@H]2C[C@H]3CC[C@H]2C3)cc1. The highest BCUT2D eigenvalue weighted by Gasteiger charge is 2.39. The number of benzene rings is 1. The van der Waals surface area contributed by atoms with Crippen molar-refractivity contribution in [3.05, 3.63) is 39.9 Å². The molecule has 0 radical (unpaired) electrons. The van der Waals surface area contributed by atoms with E-state index in [0.717, 1.165) is 11.8 Å². The molecule has 7 heteroatoms. The summed E-state index contributed by atoms with van der Waals surface area (Å²) in [4.78, 5) is 10.2. The van der Waals surface area contributed by atoms with E-state index in [1.54, 1.807) is 12.1 Å². The highest BCUT2D eigenvalue weighted by Crippen LogP contribution is 2.44. The van der Waals surface area contributed by atoms with Crippen molar-refractivity contribution in [2.45, 2.75) is 37.8 Å². The predicted molar refractivity (Wildman–Crippen MR) is 91.0 cm³/mol. The summed E-state index contributed by atoms with van der Waals surface area (Å²) in [6.07, 6.45) is 4.39. The average Bonchev–Trinajstić information content (AvgIpc) is 3.15. The Labute approximate surface area is 140 Å². The van der Waals surface area contributed by atoms with Crippen LogP contribution in [0.3, 0.4) is 0 Å². The Morgan fingerprint density at radius 2 is 2.09 bits per heavy atom. The van der Waals surface area contributed by atoms with E-state index in [2.05, 4.69) is 10.6 Å². The molecule has 0 unspecified atom stereocenters. The van der Waals surface area contributed by atoms with Gasteiger partial charge in [-0.15, -0.1) is 0 Å². The average molecular weight is 335 g/mol. The number of nitrogens with one attached hydrogen (secondary N) is 2. The Morgan fingerprint density at radius 1 is 1.35 bits per heavy atom. The topological polar surface area (TPSA) is 87.4 Å². The minimum absolute atomic E-state index is 0.0161. The molecule has 23 heavy (non-hydrogen) atoms. The van der Waals surface area contributed by atoms with Gasteiger partial charge in [-0.25, -0.2) is 0 Å². The van der Waals surface area contributed by atoms with Crippen LogP contribution in [-0.4, -0.2) is 27.7 Å². The molecule has 124 valence electrons. The van der Waals surface area contributed by atoms with Gasteiger partial charge in [0.2, 0.25) is 0 Å². The molecule has 6 nitrogen and oxygen atoms in total. The van der Waals surface area contributed by atoms with E-state index >= 15 is 0 Å². The van der Waals surface area contributed by atoms with Gasteiger partial charge in [0.05, 0.1) is 11.0 Å². The van der Waals surface area contributed by atoms with Gasteiger partial charge < -0.3 is 15.7 Å². The van der Waals surface area contributed by atoms with E-state index in [1.165, 1.54) is 37.8 Å². The van der Waals surface area contributed by atoms with Gasteiger partial charge in [0.15, 0.2) is 5.11 Å². The fourth-order valence-electron chi connectivity index (χ4n) is 3.77. The van der Waals surface area contributed by atoms with Crippen LogP contribution in [0.25, 0.3) is 0 Å². The van der Waals surface area contributed by atoms with Crippen molar-refractivity contribution in [3.63, 3.8) is 0 Å². The first-order valence-electron chi connectivity index (χ1n) is 7.99. The second kappa shape index (κ2) is 6.80. The molecule has 4 atom stereocenters. The molecule has 1 aromatic rings. The first kappa shape index (κ1) is 16.1. The minimum Gasteiger partial charge on any atom is -0.387 e.